The number of aromatic hydroxyl groups is 1. The third-order valence-electron chi connectivity index (χ3n) is 5.68. The van der Waals surface area contributed by atoms with E-state index in [1.807, 2.05) is 30.3 Å². The number of benzene rings is 4. The van der Waals surface area contributed by atoms with Crippen LogP contribution in [0.1, 0.15) is 22.7 Å². The SMILES string of the molecule is N#Cc1ccc2ccc(C3Cc4cc(O)ccc4N3S(=O)(=O)c3ccccc3)cc2c1. The van der Waals surface area contributed by atoms with Gasteiger partial charge in [0.1, 0.15) is 5.75 Å². The Bertz CT molecular complexity index is 1460. The molecule has 4 aromatic rings. The Morgan fingerprint density at radius 1 is 0.903 bits per heavy atom. The van der Waals surface area contributed by atoms with Crippen molar-refractivity contribution >= 4 is 26.5 Å². The van der Waals surface area contributed by atoms with Crippen LogP contribution in [0.4, 0.5) is 5.69 Å². The predicted octanol–water partition coefficient (Wildman–Crippen LogP) is 4.91. The maximum atomic E-state index is 13.7. The monoisotopic (exact) mass is 426 g/mol. The molecule has 1 heterocycles. The number of phenolic OH excluding ortho intramolecular Hbond substituents is 1. The van der Waals surface area contributed by atoms with Crippen molar-refractivity contribution < 1.29 is 13.5 Å². The van der Waals surface area contributed by atoms with Gasteiger partial charge in [0.15, 0.2) is 0 Å². The molecular formula is C25H18N2O3S. The van der Waals surface area contributed by atoms with Gasteiger partial charge in [0, 0.05) is 6.42 Å². The minimum atomic E-state index is -3.83. The molecule has 0 saturated carbocycles. The Labute approximate surface area is 180 Å². The summed E-state index contributed by atoms with van der Waals surface area (Å²) in [5.74, 6) is 0.105. The number of fused-ring (bicyclic) bond motifs is 2. The maximum Gasteiger partial charge on any atom is 0.264 e. The van der Waals surface area contributed by atoms with Crippen molar-refractivity contribution in [2.24, 2.45) is 0 Å². The van der Waals surface area contributed by atoms with Crippen molar-refractivity contribution in [3.8, 4) is 11.8 Å². The van der Waals surface area contributed by atoms with Gasteiger partial charge in [0.25, 0.3) is 10.0 Å². The Morgan fingerprint density at radius 2 is 1.68 bits per heavy atom. The number of anilines is 1. The second-order valence-electron chi connectivity index (χ2n) is 7.58. The first-order valence-electron chi connectivity index (χ1n) is 9.82. The molecule has 1 N–H and O–H groups in total. The highest BCUT2D eigenvalue weighted by Crippen LogP contribution is 2.45. The molecule has 0 spiro atoms. The van der Waals surface area contributed by atoms with Gasteiger partial charge < -0.3 is 5.11 Å². The van der Waals surface area contributed by atoms with Crippen molar-refractivity contribution in [1.82, 2.24) is 0 Å². The maximum absolute atomic E-state index is 13.7. The molecule has 1 atom stereocenters. The molecule has 0 radical (unpaired) electrons. The fourth-order valence-corrected chi connectivity index (χ4v) is 5.90. The van der Waals surface area contributed by atoms with Gasteiger partial charge in [-0.05, 0) is 70.4 Å². The summed E-state index contributed by atoms with van der Waals surface area (Å²) in [6, 6.07) is 26.1. The quantitative estimate of drug-likeness (QED) is 0.505. The first-order chi connectivity index (χ1) is 15.0. The van der Waals surface area contributed by atoms with Crippen LogP contribution in [0, 0.1) is 11.3 Å². The number of phenols is 1. The lowest BCUT2D eigenvalue weighted by Crippen LogP contribution is -2.32. The van der Waals surface area contributed by atoms with Gasteiger partial charge >= 0.3 is 0 Å². The minimum Gasteiger partial charge on any atom is -0.508 e. The van der Waals surface area contributed by atoms with E-state index in [-0.39, 0.29) is 10.6 Å². The van der Waals surface area contributed by atoms with Crippen LogP contribution in [-0.4, -0.2) is 13.5 Å². The smallest absolute Gasteiger partial charge is 0.264 e. The van der Waals surface area contributed by atoms with Crippen LogP contribution in [0.3, 0.4) is 0 Å². The van der Waals surface area contributed by atoms with Gasteiger partial charge in [-0.1, -0.05) is 36.4 Å². The molecule has 0 bridgehead atoms. The number of hydrogen-bond donors (Lipinski definition) is 1. The molecule has 31 heavy (non-hydrogen) atoms. The van der Waals surface area contributed by atoms with Crippen molar-refractivity contribution in [3.05, 3.63) is 102 Å². The second kappa shape index (κ2) is 7.15. The van der Waals surface area contributed by atoms with Gasteiger partial charge in [-0.15, -0.1) is 0 Å². The summed E-state index contributed by atoms with van der Waals surface area (Å²) in [7, 11) is -3.83. The number of sulfonamides is 1. The summed E-state index contributed by atoms with van der Waals surface area (Å²) in [5.41, 5.74) is 2.73. The molecular weight excluding hydrogens is 408 g/mol. The first-order valence-corrected chi connectivity index (χ1v) is 11.3. The molecule has 0 fully saturated rings. The highest BCUT2D eigenvalue weighted by atomic mass is 32.2. The van der Waals surface area contributed by atoms with Gasteiger partial charge in [0.2, 0.25) is 0 Å². The minimum absolute atomic E-state index is 0.105. The molecule has 5 rings (SSSR count). The molecule has 1 aliphatic rings. The van der Waals surface area contributed by atoms with E-state index in [1.54, 1.807) is 48.5 Å². The Kier molecular flexibility index (Phi) is 4.42. The zero-order valence-corrected chi connectivity index (χ0v) is 17.3. The van der Waals surface area contributed by atoms with E-state index < -0.39 is 16.1 Å². The molecule has 0 aliphatic carbocycles. The van der Waals surface area contributed by atoms with E-state index in [1.165, 1.54) is 10.4 Å². The average molecular weight is 426 g/mol. The van der Waals surface area contributed by atoms with E-state index in [4.69, 9.17) is 0 Å². The topological polar surface area (TPSA) is 81.4 Å². The average Bonchev–Trinajstić information content (AvgIpc) is 3.18. The predicted molar refractivity (Wildman–Crippen MR) is 119 cm³/mol. The van der Waals surface area contributed by atoms with Crippen molar-refractivity contribution in [2.45, 2.75) is 17.4 Å². The fourth-order valence-electron chi connectivity index (χ4n) is 4.21. The molecule has 1 aliphatic heterocycles. The van der Waals surface area contributed by atoms with E-state index >= 15 is 0 Å². The van der Waals surface area contributed by atoms with E-state index in [0.717, 1.165) is 21.9 Å². The molecule has 6 heteroatoms. The van der Waals surface area contributed by atoms with E-state index in [9.17, 15) is 18.8 Å². The summed E-state index contributed by atoms with van der Waals surface area (Å²) in [6.45, 7) is 0. The summed E-state index contributed by atoms with van der Waals surface area (Å²) in [6.07, 6.45) is 0.444. The fraction of sp³-hybridized carbons (Fsp3) is 0.0800. The van der Waals surface area contributed by atoms with E-state index in [2.05, 4.69) is 6.07 Å². The Hall–Kier alpha value is -3.82. The van der Waals surface area contributed by atoms with Crippen LogP contribution in [-0.2, 0) is 16.4 Å². The van der Waals surface area contributed by atoms with Crippen LogP contribution in [0.5, 0.6) is 5.75 Å². The van der Waals surface area contributed by atoms with Crippen molar-refractivity contribution in [1.29, 1.82) is 5.26 Å². The highest BCUT2D eigenvalue weighted by molar-refractivity contribution is 7.92. The van der Waals surface area contributed by atoms with Gasteiger partial charge in [-0.25, -0.2) is 8.42 Å². The zero-order chi connectivity index (χ0) is 21.6. The lowest BCUT2D eigenvalue weighted by Gasteiger charge is -2.27. The van der Waals surface area contributed by atoms with Gasteiger partial charge in [0.05, 0.1) is 28.3 Å². The largest absolute Gasteiger partial charge is 0.508 e. The molecule has 0 saturated heterocycles. The molecule has 0 amide bonds. The third-order valence-corrected chi connectivity index (χ3v) is 7.51. The Morgan fingerprint density at radius 3 is 2.45 bits per heavy atom. The standard InChI is InChI=1S/C25H18N2O3S/c26-16-17-6-7-18-8-9-19(13-20(18)12-17)25-15-21-14-22(28)10-11-24(21)27(25)31(29,30)23-4-2-1-3-5-23/h1-14,25,28H,15H2. The van der Waals surface area contributed by atoms with Gasteiger partial charge in [-0.3, -0.25) is 4.31 Å². The summed E-state index contributed by atoms with van der Waals surface area (Å²) in [4.78, 5) is 0.216. The number of nitrogens with zero attached hydrogens (tertiary/aromatic N) is 2. The summed E-state index contributed by atoms with van der Waals surface area (Å²) >= 11 is 0. The van der Waals surface area contributed by atoms with Crippen molar-refractivity contribution in [3.63, 3.8) is 0 Å². The zero-order valence-electron chi connectivity index (χ0n) is 16.4. The number of rotatable bonds is 3. The molecule has 0 aromatic heterocycles. The van der Waals surface area contributed by atoms with Crippen LogP contribution in [0.15, 0.2) is 89.8 Å². The Balaban J connectivity index is 1.69. The van der Waals surface area contributed by atoms with E-state index in [0.29, 0.717) is 17.7 Å². The van der Waals surface area contributed by atoms with Crippen LogP contribution < -0.4 is 4.31 Å². The summed E-state index contributed by atoms with van der Waals surface area (Å²) in [5, 5.41) is 21.1. The molecule has 4 aromatic carbocycles. The van der Waals surface area contributed by atoms with Crippen LogP contribution in [0.2, 0.25) is 0 Å². The van der Waals surface area contributed by atoms with Crippen LogP contribution in [0.25, 0.3) is 10.8 Å². The second-order valence-corrected chi connectivity index (χ2v) is 9.39. The lowest BCUT2D eigenvalue weighted by atomic mass is 9.98. The van der Waals surface area contributed by atoms with Crippen molar-refractivity contribution in [2.75, 3.05) is 4.31 Å². The van der Waals surface area contributed by atoms with Gasteiger partial charge in [-0.2, -0.15) is 5.26 Å². The number of nitriles is 1. The molecule has 152 valence electrons. The normalized spacial score (nSPS) is 15.6. The third kappa shape index (κ3) is 3.20. The number of hydrogen-bond acceptors (Lipinski definition) is 4. The first kappa shape index (κ1) is 19.2. The summed E-state index contributed by atoms with van der Waals surface area (Å²) < 4.78 is 28.8. The molecule has 1 unspecified atom stereocenters. The van der Waals surface area contributed by atoms with Crippen LogP contribution >= 0.6 is 0 Å². The highest BCUT2D eigenvalue weighted by Gasteiger charge is 2.39. The molecule has 5 nitrogen and oxygen atoms in total. The lowest BCUT2D eigenvalue weighted by molar-refractivity contribution is 0.475.